The molecule has 0 amide bonds. The molecule has 0 fully saturated rings. The van der Waals surface area contributed by atoms with Gasteiger partial charge in [-0.15, -0.1) is 6.42 Å². The Bertz CT molecular complexity index is 547. The molecule has 1 aromatic rings. The van der Waals surface area contributed by atoms with Crippen LogP contribution in [0.2, 0.25) is 0 Å². The van der Waals surface area contributed by atoms with E-state index in [1.807, 2.05) is 0 Å². The lowest BCUT2D eigenvalue weighted by Crippen LogP contribution is -2.25. The van der Waals surface area contributed by atoms with Crippen LogP contribution in [0.15, 0.2) is 35.5 Å². The summed E-state index contributed by atoms with van der Waals surface area (Å²) in [6, 6.07) is 6.49. The van der Waals surface area contributed by atoms with E-state index in [1.165, 1.54) is 0 Å². The van der Waals surface area contributed by atoms with Crippen molar-refractivity contribution in [3.63, 3.8) is 0 Å². The van der Waals surface area contributed by atoms with Crippen molar-refractivity contribution in [2.45, 2.75) is 0 Å². The standard InChI is InChI=1S/C12H7NO2/c1-2-7-10(13)12(15)9-6-4-3-5-8(9)11(7)14/h1,3-6H,13H2. The van der Waals surface area contributed by atoms with Gasteiger partial charge in [0.15, 0.2) is 0 Å². The summed E-state index contributed by atoms with van der Waals surface area (Å²) in [5.74, 6) is 1.43. The van der Waals surface area contributed by atoms with Crippen molar-refractivity contribution in [3.8, 4) is 12.3 Å². The molecule has 2 rings (SSSR count). The predicted octanol–water partition coefficient (Wildman–Crippen LogP) is 0.912. The maximum atomic E-state index is 11.8. The van der Waals surface area contributed by atoms with Crippen LogP contribution < -0.4 is 5.73 Å². The van der Waals surface area contributed by atoms with Crippen LogP contribution in [-0.4, -0.2) is 11.6 Å². The highest BCUT2D eigenvalue weighted by molar-refractivity contribution is 6.28. The van der Waals surface area contributed by atoms with Crippen LogP contribution in [0.1, 0.15) is 20.7 Å². The number of Topliss-reactive ketones (excluding diaryl/α,β-unsaturated/α-hetero) is 2. The van der Waals surface area contributed by atoms with Crippen LogP contribution in [0.25, 0.3) is 0 Å². The van der Waals surface area contributed by atoms with Crippen LogP contribution in [0, 0.1) is 12.3 Å². The molecule has 1 aromatic carbocycles. The summed E-state index contributed by atoms with van der Waals surface area (Å²) in [5, 5.41) is 0. The Morgan fingerprint density at radius 2 is 1.60 bits per heavy atom. The zero-order valence-corrected chi connectivity index (χ0v) is 7.78. The molecule has 15 heavy (non-hydrogen) atoms. The summed E-state index contributed by atoms with van der Waals surface area (Å²) < 4.78 is 0. The Morgan fingerprint density at radius 1 is 1.07 bits per heavy atom. The van der Waals surface area contributed by atoms with Crippen LogP contribution in [0.4, 0.5) is 0 Å². The van der Waals surface area contributed by atoms with Gasteiger partial charge >= 0.3 is 0 Å². The molecule has 1 aliphatic rings. The highest BCUT2D eigenvalue weighted by Gasteiger charge is 2.29. The molecule has 0 radical (unpaired) electrons. The normalized spacial score (nSPS) is 14.9. The Hall–Kier alpha value is -2.34. The molecule has 2 N–H and O–H groups in total. The average Bonchev–Trinajstić information content (AvgIpc) is 2.27. The van der Waals surface area contributed by atoms with Gasteiger partial charge in [-0.2, -0.15) is 0 Å². The predicted molar refractivity (Wildman–Crippen MR) is 55.1 cm³/mol. The van der Waals surface area contributed by atoms with Gasteiger partial charge in [-0.05, 0) is 0 Å². The fraction of sp³-hybridized carbons (Fsp3) is 0. The minimum Gasteiger partial charge on any atom is -0.394 e. The van der Waals surface area contributed by atoms with E-state index in [0.717, 1.165) is 0 Å². The number of allylic oxidation sites excluding steroid dienone is 2. The molecular weight excluding hydrogens is 190 g/mol. The number of carbonyl (C=O) groups is 2. The van der Waals surface area contributed by atoms with Gasteiger partial charge in [-0.25, -0.2) is 0 Å². The van der Waals surface area contributed by atoms with Crippen molar-refractivity contribution >= 4 is 11.6 Å². The molecule has 1 aliphatic carbocycles. The van der Waals surface area contributed by atoms with E-state index in [-0.39, 0.29) is 22.8 Å². The van der Waals surface area contributed by atoms with Crippen LogP contribution in [0.3, 0.4) is 0 Å². The first-order chi connectivity index (χ1) is 7.16. The smallest absolute Gasteiger partial charge is 0.210 e. The summed E-state index contributed by atoms with van der Waals surface area (Å²) in [6.07, 6.45) is 5.14. The molecule has 0 saturated heterocycles. The third kappa shape index (κ3) is 1.16. The van der Waals surface area contributed by atoms with Crippen LogP contribution in [-0.2, 0) is 0 Å². The lowest BCUT2D eigenvalue weighted by molar-refractivity contribution is 0.0977. The van der Waals surface area contributed by atoms with Gasteiger partial charge in [0.25, 0.3) is 0 Å². The summed E-state index contributed by atoms with van der Waals surface area (Å²) in [6.45, 7) is 0. The van der Waals surface area contributed by atoms with Crippen molar-refractivity contribution in [2.24, 2.45) is 5.73 Å². The second kappa shape index (κ2) is 3.10. The van der Waals surface area contributed by atoms with Crippen molar-refractivity contribution in [3.05, 3.63) is 46.7 Å². The van der Waals surface area contributed by atoms with Gasteiger partial charge in [0, 0.05) is 11.1 Å². The van der Waals surface area contributed by atoms with E-state index in [4.69, 9.17) is 12.2 Å². The first-order valence-electron chi connectivity index (χ1n) is 4.31. The molecule has 0 atom stereocenters. The average molecular weight is 197 g/mol. The maximum Gasteiger partial charge on any atom is 0.210 e. The minimum absolute atomic E-state index is 0.0429. The Kier molecular flexibility index (Phi) is 1.91. The van der Waals surface area contributed by atoms with Crippen LogP contribution >= 0.6 is 0 Å². The maximum absolute atomic E-state index is 11.8. The van der Waals surface area contributed by atoms with E-state index < -0.39 is 0 Å². The quantitative estimate of drug-likeness (QED) is 0.629. The number of fused-ring (bicyclic) bond motifs is 1. The summed E-state index contributed by atoms with van der Waals surface area (Å²) in [7, 11) is 0. The summed E-state index contributed by atoms with van der Waals surface area (Å²) >= 11 is 0. The van der Waals surface area contributed by atoms with Gasteiger partial charge in [-0.3, -0.25) is 9.59 Å². The number of hydrogen-bond acceptors (Lipinski definition) is 3. The first-order valence-corrected chi connectivity index (χ1v) is 4.31. The van der Waals surface area contributed by atoms with Gasteiger partial charge in [0.2, 0.25) is 11.6 Å². The molecule has 0 aromatic heterocycles. The molecule has 3 nitrogen and oxygen atoms in total. The molecule has 0 unspecified atom stereocenters. The van der Waals surface area contributed by atoms with Gasteiger partial charge in [-0.1, -0.05) is 30.2 Å². The fourth-order valence-electron chi connectivity index (χ4n) is 1.54. The minimum atomic E-state index is -0.377. The molecule has 3 heteroatoms. The zero-order chi connectivity index (χ0) is 11.0. The van der Waals surface area contributed by atoms with Crippen molar-refractivity contribution < 1.29 is 9.59 Å². The summed E-state index contributed by atoms with van der Waals surface area (Å²) in [4.78, 5) is 23.5. The monoisotopic (exact) mass is 197 g/mol. The third-order valence-corrected chi connectivity index (χ3v) is 2.30. The molecule has 72 valence electrons. The SMILES string of the molecule is C#CC1=C(N)C(=O)c2ccccc2C1=O. The fourth-order valence-corrected chi connectivity index (χ4v) is 1.54. The summed E-state index contributed by atoms with van der Waals surface area (Å²) in [5.41, 5.74) is 5.97. The second-order valence-corrected chi connectivity index (χ2v) is 3.14. The van der Waals surface area contributed by atoms with Crippen molar-refractivity contribution in [1.29, 1.82) is 0 Å². The van der Waals surface area contributed by atoms with E-state index in [9.17, 15) is 9.59 Å². The zero-order valence-electron chi connectivity index (χ0n) is 7.78. The van der Waals surface area contributed by atoms with Crippen LogP contribution in [0.5, 0.6) is 0 Å². The number of hydrogen-bond donors (Lipinski definition) is 1. The first kappa shape index (κ1) is 9.22. The topological polar surface area (TPSA) is 60.2 Å². The highest BCUT2D eigenvalue weighted by Crippen LogP contribution is 2.23. The van der Waals surface area contributed by atoms with E-state index in [1.54, 1.807) is 24.3 Å². The Morgan fingerprint density at radius 3 is 2.13 bits per heavy atom. The molecule has 0 bridgehead atoms. The molecule has 0 saturated carbocycles. The van der Waals surface area contributed by atoms with Crippen molar-refractivity contribution in [2.75, 3.05) is 0 Å². The lowest BCUT2D eigenvalue weighted by Gasteiger charge is -2.14. The van der Waals surface area contributed by atoms with E-state index in [2.05, 4.69) is 5.92 Å². The third-order valence-electron chi connectivity index (χ3n) is 2.30. The van der Waals surface area contributed by atoms with Gasteiger partial charge in [0.1, 0.15) is 5.70 Å². The number of terminal acetylenes is 1. The van der Waals surface area contributed by atoms with Crippen molar-refractivity contribution in [1.82, 2.24) is 0 Å². The van der Waals surface area contributed by atoms with Gasteiger partial charge in [0.05, 0.1) is 5.57 Å². The second-order valence-electron chi connectivity index (χ2n) is 3.14. The van der Waals surface area contributed by atoms with Gasteiger partial charge < -0.3 is 5.73 Å². The molecule has 0 aliphatic heterocycles. The lowest BCUT2D eigenvalue weighted by atomic mass is 9.88. The van der Waals surface area contributed by atoms with E-state index >= 15 is 0 Å². The Labute approximate surface area is 86.6 Å². The largest absolute Gasteiger partial charge is 0.394 e. The number of ketones is 2. The number of benzene rings is 1. The Balaban J connectivity index is 2.75. The molecular formula is C12H7NO2. The number of carbonyl (C=O) groups excluding carboxylic acids is 2. The molecule has 0 heterocycles. The van der Waals surface area contributed by atoms with E-state index in [0.29, 0.717) is 11.1 Å². The number of nitrogens with two attached hydrogens (primary N) is 1. The number of rotatable bonds is 0. The highest BCUT2D eigenvalue weighted by atomic mass is 16.1. The molecule has 0 spiro atoms.